The molecular weight excluding hydrogens is 226 g/mol. The van der Waals surface area contributed by atoms with E-state index in [1.807, 2.05) is 32.0 Å². The molecule has 3 nitrogen and oxygen atoms in total. The van der Waals surface area contributed by atoms with Crippen LogP contribution in [0, 0.1) is 6.92 Å². The van der Waals surface area contributed by atoms with Gasteiger partial charge in [0.25, 0.3) is 0 Å². The molecule has 1 aromatic heterocycles. The van der Waals surface area contributed by atoms with Crippen LogP contribution in [0.2, 0.25) is 0 Å². The Kier molecular flexibility index (Phi) is 3.70. The monoisotopic (exact) mass is 245 g/mol. The van der Waals surface area contributed by atoms with Crippen LogP contribution in [0.15, 0.2) is 18.2 Å². The van der Waals surface area contributed by atoms with Crippen LogP contribution in [0.4, 0.5) is 0 Å². The maximum absolute atomic E-state index is 12.1. The molecule has 0 atom stereocenters. The minimum atomic E-state index is -0.224. The molecule has 0 aliphatic rings. The lowest BCUT2D eigenvalue weighted by atomic mass is 10.1. The maximum atomic E-state index is 12.1. The highest BCUT2D eigenvalue weighted by atomic mass is 16.5. The summed E-state index contributed by atoms with van der Waals surface area (Å²) >= 11 is 0. The van der Waals surface area contributed by atoms with Gasteiger partial charge in [-0.1, -0.05) is 25.0 Å². The van der Waals surface area contributed by atoms with Crippen molar-refractivity contribution in [3.05, 3.63) is 35.0 Å². The Balaban J connectivity index is 2.60. The largest absolute Gasteiger partial charge is 0.462 e. The zero-order chi connectivity index (χ0) is 13.1. The fraction of sp³-hybridized carbons (Fsp3) is 0.400. The Morgan fingerprint density at radius 1 is 1.33 bits per heavy atom. The number of hydrogen-bond donors (Lipinski definition) is 1. The fourth-order valence-corrected chi connectivity index (χ4v) is 2.24. The van der Waals surface area contributed by atoms with Crippen LogP contribution in [0.3, 0.4) is 0 Å². The van der Waals surface area contributed by atoms with Gasteiger partial charge < -0.3 is 9.72 Å². The third-order valence-corrected chi connectivity index (χ3v) is 3.01. The molecule has 0 unspecified atom stereocenters. The number of fused-ring (bicyclic) bond motifs is 1. The quantitative estimate of drug-likeness (QED) is 0.836. The standard InChI is InChI=1S/C15H19NO2/c1-4-6-13-14(15(17)18-5-2)11-9-10(3)7-8-12(11)16-13/h7-9,16H,4-6H2,1-3H3. The van der Waals surface area contributed by atoms with Gasteiger partial charge in [0, 0.05) is 16.6 Å². The zero-order valence-corrected chi connectivity index (χ0v) is 11.2. The Morgan fingerprint density at radius 2 is 2.11 bits per heavy atom. The van der Waals surface area contributed by atoms with Crippen molar-refractivity contribution in [1.82, 2.24) is 4.98 Å². The first kappa shape index (κ1) is 12.7. The van der Waals surface area contributed by atoms with Crippen LogP contribution in [-0.4, -0.2) is 17.6 Å². The summed E-state index contributed by atoms with van der Waals surface area (Å²) in [5, 5.41) is 0.969. The summed E-state index contributed by atoms with van der Waals surface area (Å²) in [7, 11) is 0. The topological polar surface area (TPSA) is 42.1 Å². The minimum absolute atomic E-state index is 0.224. The number of aryl methyl sites for hydroxylation is 2. The van der Waals surface area contributed by atoms with E-state index in [-0.39, 0.29) is 5.97 Å². The summed E-state index contributed by atoms with van der Waals surface area (Å²) in [4.78, 5) is 15.4. The van der Waals surface area contributed by atoms with Crippen molar-refractivity contribution >= 4 is 16.9 Å². The Bertz CT molecular complexity index is 569. The highest BCUT2D eigenvalue weighted by molar-refractivity contribution is 6.05. The second-order valence-electron chi connectivity index (χ2n) is 4.50. The number of esters is 1. The zero-order valence-electron chi connectivity index (χ0n) is 11.2. The predicted octanol–water partition coefficient (Wildman–Crippen LogP) is 3.61. The van der Waals surface area contributed by atoms with E-state index in [2.05, 4.69) is 11.9 Å². The summed E-state index contributed by atoms with van der Waals surface area (Å²) in [6.45, 7) is 6.37. The van der Waals surface area contributed by atoms with Crippen LogP contribution in [0.1, 0.15) is 41.9 Å². The van der Waals surface area contributed by atoms with Crippen LogP contribution in [0.5, 0.6) is 0 Å². The van der Waals surface area contributed by atoms with E-state index in [9.17, 15) is 4.79 Å². The predicted molar refractivity (Wildman–Crippen MR) is 73.0 cm³/mol. The average Bonchev–Trinajstić information content (AvgIpc) is 2.67. The number of benzene rings is 1. The van der Waals surface area contributed by atoms with Crippen molar-refractivity contribution < 1.29 is 9.53 Å². The molecular formula is C15H19NO2. The molecule has 2 rings (SSSR count). The summed E-state index contributed by atoms with van der Waals surface area (Å²) < 4.78 is 5.16. The lowest BCUT2D eigenvalue weighted by molar-refractivity contribution is 0.0527. The van der Waals surface area contributed by atoms with Crippen LogP contribution >= 0.6 is 0 Å². The number of H-pyrrole nitrogens is 1. The lowest BCUT2D eigenvalue weighted by Crippen LogP contribution is -2.07. The van der Waals surface area contributed by atoms with Gasteiger partial charge in [0.05, 0.1) is 12.2 Å². The summed E-state index contributed by atoms with van der Waals surface area (Å²) in [5.74, 6) is -0.224. The molecule has 18 heavy (non-hydrogen) atoms. The van der Waals surface area contributed by atoms with Gasteiger partial charge in [-0.25, -0.2) is 4.79 Å². The number of aromatic nitrogens is 1. The summed E-state index contributed by atoms with van der Waals surface area (Å²) in [6.07, 6.45) is 1.86. The third kappa shape index (κ3) is 2.26. The molecule has 0 saturated carbocycles. The van der Waals surface area contributed by atoms with Crippen LogP contribution < -0.4 is 0 Å². The molecule has 0 bridgehead atoms. The van der Waals surface area contributed by atoms with Crippen molar-refractivity contribution in [2.45, 2.75) is 33.6 Å². The molecule has 3 heteroatoms. The van der Waals surface area contributed by atoms with Crippen LogP contribution in [-0.2, 0) is 11.2 Å². The van der Waals surface area contributed by atoms with Gasteiger partial charge in [-0.15, -0.1) is 0 Å². The SMILES string of the molecule is CCCc1[nH]c2ccc(C)cc2c1C(=O)OCC. The lowest BCUT2D eigenvalue weighted by Gasteiger charge is -2.03. The first-order valence-corrected chi connectivity index (χ1v) is 6.45. The molecule has 0 aliphatic carbocycles. The number of ether oxygens (including phenoxy) is 1. The van der Waals surface area contributed by atoms with Gasteiger partial charge in [-0.3, -0.25) is 0 Å². The molecule has 1 aromatic carbocycles. The first-order valence-electron chi connectivity index (χ1n) is 6.45. The highest BCUT2D eigenvalue weighted by Gasteiger charge is 2.18. The fourth-order valence-electron chi connectivity index (χ4n) is 2.24. The van der Waals surface area contributed by atoms with Gasteiger partial charge >= 0.3 is 5.97 Å². The molecule has 0 amide bonds. The number of aromatic amines is 1. The van der Waals surface area contributed by atoms with E-state index >= 15 is 0 Å². The Labute approximate surface area is 107 Å². The molecule has 1 heterocycles. The molecule has 1 N–H and O–H groups in total. The second-order valence-corrected chi connectivity index (χ2v) is 4.50. The molecule has 96 valence electrons. The van der Waals surface area contributed by atoms with E-state index in [4.69, 9.17) is 4.74 Å². The van der Waals surface area contributed by atoms with Gasteiger partial charge in [0.2, 0.25) is 0 Å². The van der Waals surface area contributed by atoms with E-state index in [0.717, 1.165) is 35.0 Å². The van der Waals surface area contributed by atoms with Gasteiger partial charge in [0.15, 0.2) is 0 Å². The van der Waals surface area contributed by atoms with Crippen LogP contribution in [0.25, 0.3) is 10.9 Å². The van der Waals surface area contributed by atoms with Gasteiger partial charge in [-0.2, -0.15) is 0 Å². The van der Waals surface area contributed by atoms with Crippen molar-refractivity contribution in [3.8, 4) is 0 Å². The Hall–Kier alpha value is -1.77. The average molecular weight is 245 g/mol. The van der Waals surface area contributed by atoms with E-state index in [0.29, 0.717) is 12.2 Å². The van der Waals surface area contributed by atoms with Crippen molar-refractivity contribution in [3.63, 3.8) is 0 Å². The molecule has 0 fully saturated rings. The number of carbonyl (C=O) groups is 1. The minimum Gasteiger partial charge on any atom is -0.462 e. The highest BCUT2D eigenvalue weighted by Crippen LogP contribution is 2.25. The number of rotatable bonds is 4. The van der Waals surface area contributed by atoms with Gasteiger partial charge in [0.1, 0.15) is 0 Å². The first-order chi connectivity index (χ1) is 8.67. The number of carbonyl (C=O) groups excluding carboxylic acids is 1. The van der Waals surface area contributed by atoms with Crippen molar-refractivity contribution in [2.75, 3.05) is 6.61 Å². The second kappa shape index (κ2) is 5.25. The molecule has 0 aliphatic heterocycles. The smallest absolute Gasteiger partial charge is 0.340 e. The number of nitrogens with one attached hydrogen (secondary N) is 1. The van der Waals surface area contributed by atoms with Crippen molar-refractivity contribution in [1.29, 1.82) is 0 Å². The molecule has 2 aromatic rings. The Morgan fingerprint density at radius 3 is 2.78 bits per heavy atom. The van der Waals surface area contributed by atoms with Crippen molar-refractivity contribution in [2.24, 2.45) is 0 Å². The summed E-state index contributed by atoms with van der Waals surface area (Å²) in [5.41, 5.74) is 3.84. The number of hydrogen-bond acceptors (Lipinski definition) is 2. The molecule has 0 radical (unpaired) electrons. The molecule has 0 spiro atoms. The van der Waals surface area contributed by atoms with E-state index in [1.54, 1.807) is 0 Å². The summed E-state index contributed by atoms with van der Waals surface area (Å²) in [6, 6.07) is 6.10. The third-order valence-electron chi connectivity index (χ3n) is 3.01. The van der Waals surface area contributed by atoms with Gasteiger partial charge in [-0.05, 0) is 32.4 Å². The normalized spacial score (nSPS) is 10.8. The van der Waals surface area contributed by atoms with E-state index < -0.39 is 0 Å². The molecule has 0 saturated heterocycles. The van der Waals surface area contributed by atoms with E-state index in [1.165, 1.54) is 0 Å². The maximum Gasteiger partial charge on any atom is 0.340 e.